The average Bonchev–Trinajstić information content (AvgIpc) is 3.06. The largest absolute Gasteiger partial charge is 0.375 e. The second-order valence-electron chi connectivity index (χ2n) is 5.97. The van der Waals surface area contributed by atoms with E-state index in [2.05, 4.69) is 9.88 Å². The first kappa shape index (κ1) is 14.5. The Bertz CT molecular complexity index is 482. The van der Waals surface area contributed by atoms with E-state index in [1.54, 1.807) is 10.8 Å². The predicted octanol–water partition coefficient (Wildman–Crippen LogP) is 0.747. The molecule has 1 atom stereocenters. The number of aromatic nitrogens is 2. The summed E-state index contributed by atoms with van der Waals surface area (Å²) in [6.07, 6.45) is 7.06. The Hall–Kier alpha value is -1.40. The molecular formula is C15H24N4O2. The maximum absolute atomic E-state index is 12.6. The van der Waals surface area contributed by atoms with Gasteiger partial charge in [-0.2, -0.15) is 0 Å². The van der Waals surface area contributed by atoms with Crippen molar-refractivity contribution < 1.29 is 9.53 Å². The fraction of sp³-hybridized carbons (Fsp3) is 0.733. The molecule has 0 radical (unpaired) electrons. The highest BCUT2D eigenvalue weighted by atomic mass is 16.5. The highest BCUT2D eigenvalue weighted by Crippen LogP contribution is 2.14. The van der Waals surface area contributed by atoms with E-state index >= 15 is 0 Å². The third kappa shape index (κ3) is 3.44. The zero-order chi connectivity index (χ0) is 14.7. The van der Waals surface area contributed by atoms with Crippen molar-refractivity contribution in [2.24, 2.45) is 7.05 Å². The summed E-state index contributed by atoms with van der Waals surface area (Å²) in [6.45, 7) is 5.41. The molecule has 6 heteroatoms. The van der Waals surface area contributed by atoms with Gasteiger partial charge in [0.15, 0.2) is 5.82 Å². The lowest BCUT2D eigenvalue weighted by molar-refractivity contribution is 0.0294. The molecule has 2 saturated heterocycles. The minimum absolute atomic E-state index is 0.0134. The summed E-state index contributed by atoms with van der Waals surface area (Å²) < 4.78 is 7.71. The molecule has 0 saturated carbocycles. The van der Waals surface area contributed by atoms with Gasteiger partial charge in [0, 0.05) is 45.7 Å². The monoisotopic (exact) mass is 292 g/mol. The second kappa shape index (κ2) is 6.58. The Labute approximate surface area is 125 Å². The second-order valence-corrected chi connectivity index (χ2v) is 5.97. The molecule has 3 rings (SSSR count). The van der Waals surface area contributed by atoms with Gasteiger partial charge in [-0.05, 0) is 32.4 Å². The maximum atomic E-state index is 12.6. The number of imidazole rings is 1. The van der Waals surface area contributed by atoms with Crippen molar-refractivity contribution in [3.05, 3.63) is 18.2 Å². The zero-order valence-electron chi connectivity index (χ0n) is 12.7. The fourth-order valence-electron chi connectivity index (χ4n) is 3.16. The van der Waals surface area contributed by atoms with Gasteiger partial charge in [0.25, 0.3) is 5.91 Å². The molecule has 2 aliphatic heterocycles. The number of ether oxygens (including phenoxy) is 1. The van der Waals surface area contributed by atoms with E-state index in [0.29, 0.717) is 12.4 Å². The molecular weight excluding hydrogens is 268 g/mol. The van der Waals surface area contributed by atoms with Crippen LogP contribution >= 0.6 is 0 Å². The van der Waals surface area contributed by atoms with Gasteiger partial charge in [0.2, 0.25) is 0 Å². The van der Waals surface area contributed by atoms with Gasteiger partial charge in [-0.1, -0.05) is 0 Å². The lowest BCUT2D eigenvalue weighted by Gasteiger charge is -2.26. The number of nitrogens with zero attached hydrogens (tertiary/aromatic N) is 4. The minimum atomic E-state index is 0.0134. The number of carbonyl (C=O) groups is 1. The molecule has 0 N–H and O–H groups in total. The van der Waals surface area contributed by atoms with Crippen LogP contribution in [0.3, 0.4) is 0 Å². The van der Waals surface area contributed by atoms with Gasteiger partial charge in [-0.3, -0.25) is 4.79 Å². The molecule has 2 fully saturated rings. The van der Waals surface area contributed by atoms with Gasteiger partial charge in [-0.15, -0.1) is 0 Å². The number of carbonyl (C=O) groups excluding carboxylic acids is 1. The number of hydrogen-bond donors (Lipinski definition) is 0. The topological polar surface area (TPSA) is 50.6 Å². The predicted molar refractivity (Wildman–Crippen MR) is 79.1 cm³/mol. The van der Waals surface area contributed by atoms with Gasteiger partial charge in [0.05, 0.1) is 6.10 Å². The van der Waals surface area contributed by atoms with Crippen molar-refractivity contribution in [1.82, 2.24) is 19.4 Å². The summed E-state index contributed by atoms with van der Waals surface area (Å²) >= 11 is 0. The molecule has 1 amide bonds. The molecule has 3 heterocycles. The quantitative estimate of drug-likeness (QED) is 0.825. The summed E-state index contributed by atoms with van der Waals surface area (Å²) in [5, 5.41) is 0. The first-order valence-electron chi connectivity index (χ1n) is 7.84. The smallest absolute Gasteiger partial charge is 0.289 e. The Morgan fingerprint density at radius 3 is 2.86 bits per heavy atom. The molecule has 1 aromatic rings. The van der Waals surface area contributed by atoms with Crippen molar-refractivity contribution in [1.29, 1.82) is 0 Å². The first-order valence-corrected chi connectivity index (χ1v) is 7.84. The number of likely N-dealkylation sites (tertiary alicyclic amines) is 1. The molecule has 0 aliphatic carbocycles. The molecule has 0 aromatic carbocycles. The van der Waals surface area contributed by atoms with Crippen molar-refractivity contribution in [2.45, 2.75) is 25.4 Å². The highest BCUT2D eigenvalue weighted by Gasteiger charge is 2.27. The Morgan fingerprint density at radius 1 is 1.33 bits per heavy atom. The SMILES string of the molecule is Cn1ccnc1C(=O)N1CCCO[C@@H](CN2CCCC2)C1. The van der Waals surface area contributed by atoms with Crippen molar-refractivity contribution in [3.8, 4) is 0 Å². The lowest BCUT2D eigenvalue weighted by atomic mass is 10.3. The first-order chi connectivity index (χ1) is 10.2. The Balaban J connectivity index is 1.64. The average molecular weight is 292 g/mol. The molecule has 1 aromatic heterocycles. The highest BCUT2D eigenvalue weighted by molar-refractivity contribution is 5.90. The van der Waals surface area contributed by atoms with Crippen LogP contribution in [0.15, 0.2) is 12.4 Å². The standard InChI is InChI=1S/C15H24N4O2/c1-17-9-5-16-14(17)15(20)19-8-4-10-21-13(12-19)11-18-6-2-3-7-18/h5,9,13H,2-4,6-8,10-12H2,1H3/t13-/m0/s1. The zero-order valence-corrected chi connectivity index (χ0v) is 12.7. The molecule has 0 spiro atoms. The van der Waals surface area contributed by atoms with E-state index in [1.807, 2.05) is 18.1 Å². The number of rotatable bonds is 3. The van der Waals surface area contributed by atoms with E-state index in [0.717, 1.165) is 39.2 Å². The number of hydrogen-bond acceptors (Lipinski definition) is 4. The van der Waals surface area contributed by atoms with Crippen LogP contribution in [0, 0.1) is 0 Å². The van der Waals surface area contributed by atoms with Gasteiger partial charge >= 0.3 is 0 Å². The molecule has 0 unspecified atom stereocenters. The third-order valence-corrected chi connectivity index (χ3v) is 4.31. The van der Waals surface area contributed by atoms with Crippen LogP contribution in [0.25, 0.3) is 0 Å². The van der Waals surface area contributed by atoms with Crippen molar-refractivity contribution in [2.75, 3.05) is 39.3 Å². The lowest BCUT2D eigenvalue weighted by Crippen LogP contribution is -2.42. The van der Waals surface area contributed by atoms with Crippen LogP contribution in [0.4, 0.5) is 0 Å². The molecule has 21 heavy (non-hydrogen) atoms. The fourth-order valence-corrected chi connectivity index (χ4v) is 3.16. The van der Waals surface area contributed by atoms with Gasteiger partial charge < -0.3 is 19.1 Å². The van der Waals surface area contributed by atoms with Gasteiger partial charge in [0.1, 0.15) is 0 Å². The van der Waals surface area contributed by atoms with Crippen LogP contribution in [-0.2, 0) is 11.8 Å². The van der Waals surface area contributed by atoms with Crippen molar-refractivity contribution >= 4 is 5.91 Å². The van der Waals surface area contributed by atoms with Crippen LogP contribution in [0.1, 0.15) is 29.9 Å². The van der Waals surface area contributed by atoms with E-state index in [1.165, 1.54) is 12.8 Å². The van der Waals surface area contributed by atoms with Crippen LogP contribution in [0.2, 0.25) is 0 Å². The maximum Gasteiger partial charge on any atom is 0.289 e. The van der Waals surface area contributed by atoms with Crippen LogP contribution in [-0.4, -0.2) is 70.7 Å². The van der Waals surface area contributed by atoms with E-state index in [9.17, 15) is 4.79 Å². The number of aryl methyl sites for hydroxylation is 1. The molecule has 2 aliphatic rings. The summed E-state index contributed by atoms with van der Waals surface area (Å²) in [6, 6.07) is 0. The van der Waals surface area contributed by atoms with E-state index < -0.39 is 0 Å². The third-order valence-electron chi connectivity index (χ3n) is 4.31. The molecule has 0 bridgehead atoms. The number of amides is 1. The van der Waals surface area contributed by atoms with E-state index in [4.69, 9.17) is 4.74 Å². The van der Waals surface area contributed by atoms with Gasteiger partial charge in [-0.25, -0.2) is 4.98 Å². The minimum Gasteiger partial charge on any atom is -0.375 e. The van der Waals surface area contributed by atoms with Crippen LogP contribution < -0.4 is 0 Å². The Morgan fingerprint density at radius 2 is 2.14 bits per heavy atom. The van der Waals surface area contributed by atoms with Crippen LogP contribution in [0.5, 0.6) is 0 Å². The Kier molecular flexibility index (Phi) is 4.55. The normalized spacial score (nSPS) is 24.2. The summed E-state index contributed by atoms with van der Waals surface area (Å²) in [5.41, 5.74) is 0. The molecule has 6 nitrogen and oxygen atoms in total. The van der Waals surface area contributed by atoms with Crippen molar-refractivity contribution in [3.63, 3.8) is 0 Å². The van der Waals surface area contributed by atoms with E-state index in [-0.39, 0.29) is 12.0 Å². The summed E-state index contributed by atoms with van der Waals surface area (Å²) in [7, 11) is 1.86. The molecule has 116 valence electrons. The summed E-state index contributed by atoms with van der Waals surface area (Å²) in [5.74, 6) is 0.524. The summed E-state index contributed by atoms with van der Waals surface area (Å²) in [4.78, 5) is 21.1.